The minimum absolute atomic E-state index is 0.00604. The first-order valence-electron chi connectivity index (χ1n) is 11.3. The minimum atomic E-state index is -3.58. The molecule has 11 heteroatoms. The lowest BCUT2D eigenvalue weighted by Gasteiger charge is -2.21. The van der Waals surface area contributed by atoms with E-state index in [-0.39, 0.29) is 23.0 Å². The fraction of sp³-hybridized carbons (Fsp3) is 0.269. The van der Waals surface area contributed by atoms with Crippen LogP contribution in [0.2, 0.25) is 0 Å². The maximum absolute atomic E-state index is 11.5. The first-order valence-corrected chi connectivity index (χ1v) is 13.2. The zero-order valence-corrected chi connectivity index (χ0v) is 21.5. The molecule has 3 rings (SSSR count). The van der Waals surface area contributed by atoms with E-state index in [1.54, 1.807) is 25.1 Å². The van der Waals surface area contributed by atoms with Crippen molar-refractivity contribution in [1.82, 2.24) is 5.32 Å². The van der Waals surface area contributed by atoms with Gasteiger partial charge in [-0.1, -0.05) is 18.2 Å². The number of hydrogen-bond donors (Lipinski definition) is 5. The topological polar surface area (TPSA) is 154 Å². The van der Waals surface area contributed by atoms with E-state index in [2.05, 4.69) is 10.0 Å². The van der Waals surface area contributed by atoms with E-state index < -0.39 is 22.1 Å². The second-order valence-corrected chi connectivity index (χ2v) is 10.2. The molecule has 0 aliphatic carbocycles. The molecule has 10 nitrogen and oxygen atoms in total. The molecule has 0 unspecified atom stereocenters. The number of methoxy groups -OCH3 is 1. The molecular weight excluding hydrogens is 500 g/mol. The number of aromatic carboxylic acids is 1. The number of aromatic hydroxyl groups is 1. The lowest BCUT2D eigenvalue weighted by molar-refractivity contribution is 0.0696. The summed E-state index contributed by atoms with van der Waals surface area (Å²) in [6.45, 7) is 2.53. The molecule has 0 saturated heterocycles. The largest absolute Gasteiger partial charge is 0.506 e. The molecule has 3 aromatic rings. The third-order valence-electron chi connectivity index (χ3n) is 5.58. The number of hydrogen-bond acceptors (Lipinski definition) is 8. The maximum atomic E-state index is 11.5. The standard InChI is InChI=1S/C26H30N2O8S/c1-16(25(30)18-7-11-23(29)22(14-18)28-37(3,33)34)27-12-13-36-20-8-4-17(5-9-20)21-10-6-19(26(31)32)15-24(21)35-2/h4-11,14-16,25,27-30H,12-13H2,1-3H3,(H,31,32)/t16-,25+/m0/s1. The van der Waals surface area contributed by atoms with Gasteiger partial charge in [-0.2, -0.15) is 0 Å². The van der Waals surface area contributed by atoms with Crippen molar-refractivity contribution in [2.24, 2.45) is 0 Å². The van der Waals surface area contributed by atoms with Crippen LogP contribution in [-0.2, 0) is 10.0 Å². The second-order valence-electron chi connectivity index (χ2n) is 8.43. The number of sulfonamides is 1. The van der Waals surface area contributed by atoms with E-state index in [4.69, 9.17) is 14.6 Å². The van der Waals surface area contributed by atoms with E-state index in [0.717, 1.165) is 17.4 Å². The molecule has 0 aliphatic rings. The quantitative estimate of drug-likeness (QED) is 0.175. The van der Waals surface area contributed by atoms with Crippen LogP contribution in [-0.4, -0.2) is 62.3 Å². The SMILES string of the molecule is COc1cc(C(=O)O)ccc1-c1ccc(OCCN[C@@H](C)[C@@H](O)c2ccc(O)c(NS(C)(=O)=O)c2)cc1. The van der Waals surface area contributed by atoms with Gasteiger partial charge in [-0.05, 0) is 60.5 Å². The molecule has 198 valence electrons. The van der Waals surface area contributed by atoms with Gasteiger partial charge in [0.1, 0.15) is 23.9 Å². The first-order chi connectivity index (χ1) is 17.5. The summed E-state index contributed by atoms with van der Waals surface area (Å²) in [4.78, 5) is 11.2. The number of aliphatic hydroxyl groups excluding tert-OH is 1. The number of benzene rings is 3. The van der Waals surface area contributed by atoms with Gasteiger partial charge in [0.05, 0.1) is 30.7 Å². The average Bonchev–Trinajstić information content (AvgIpc) is 2.86. The molecule has 5 N–H and O–H groups in total. The summed E-state index contributed by atoms with van der Waals surface area (Å²) in [6.07, 6.45) is 0.0188. The van der Waals surface area contributed by atoms with Crippen LogP contribution in [0.4, 0.5) is 5.69 Å². The molecule has 0 radical (unpaired) electrons. The van der Waals surface area contributed by atoms with Crippen molar-refractivity contribution in [3.63, 3.8) is 0 Å². The van der Waals surface area contributed by atoms with Gasteiger partial charge >= 0.3 is 5.97 Å². The van der Waals surface area contributed by atoms with Crippen molar-refractivity contribution >= 4 is 21.7 Å². The Morgan fingerprint density at radius 1 is 1.05 bits per heavy atom. The van der Waals surface area contributed by atoms with Crippen molar-refractivity contribution in [2.75, 3.05) is 31.2 Å². The van der Waals surface area contributed by atoms with Gasteiger partial charge in [0.2, 0.25) is 10.0 Å². The highest BCUT2D eigenvalue weighted by Gasteiger charge is 2.18. The third kappa shape index (κ3) is 7.59. The number of aliphatic hydroxyl groups is 1. The highest BCUT2D eigenvalue weighted by atomic mass is 32.2. The van der Waals surface area contributed by atoms with E-state index in [0.29, 0.717) is 30.2 Å². The van der Waals surface area contributed by atoms with Crippen molar-refractivity contribution < 1.29 is 38.0 Å². The fourth-order valence-corrected chi connectivity index (χ4v) is 4.23. The summed E-state index contributed by atoms with van der Waals surface area (Å²) < 4.78 is 36.3. The summed E-state index contributed by atoms with van der Waals surface area (Å²) >= 11 is 0. The molecule has 0 aromatic heterocycles. The molecule has 0 spiro atoms. The Morgan fingerprint density at radius 3 is 2.38 bits per heavy atom. The molecule has 0 heterocycles. The molecule has 0 aliphatic heterocycles. The van der Waals surface area contributed by atoms with Crippen molar-refractivity contribution in [2.45, 2.75) is 19.1 Å². The number of carboxylic acids is 1. The van der Waals surface area contributed by atoms with Crippen LogP contribution in [0.25, 0.3) is 11.1 Å². The third-order valence-corrected chi connectivity index (χ3v) is 6.17. The number of nitrogens with one attached hydrogen (secondary N) is 2. The van der Waals surface area contributed by atoms with Crippen LogP contribution < -0.4 is 19.5 Å². The molecule has 3 aromatic carbocycles. The van der Waals surface area contributed by atoms with Crippen LogP contribution in [0, 0.1) is 0 Å². The van der Waals surface area contributed by atoms with Crippen LogP contribution in [0.1, 0.15) is 28.9 Å². The predicted molar refractivity (Wildman–Crippen MR) is 140 cm³/mol. The zero-order valence-electron chi connectivity index (χ0n) is 20.6. The number of rotatable bonds is 12. The smallest absolute Gasteiger partial charge is 0.335 e. The Labute approximate surface area is 215 Å². The summed E-state index contributed by atoms with van der Waals surface area (Å²) in [5.74, 6) is -0.175. The zero-order chi connectivity index (χ0) is 27.2. The van der Waals surface area contributed by atoms with E-state index in [1.807, 2.05) is 12.1 Å². The van der Waals surface area contributed by atoms with Crippen LogP contribution in [0.3, 0.4) is 0 Å². The predicted octanol–water partition coefficient (Wildman–Crippen LogP) is 3.23. The number of phenols is 1. The number of anilines is 1. The maximum Gasteiger partial charge on any atom is 0.335 e. The highest BCUT2D eigenvalue weighted by molar-refractivity contribution is 7.92. The van der Waals surface area contributed by atoms with Gasteiger partial charge in [0.15, 0.2) is 0 Å². The van der Waals surface area contributed by atoms with Crippen LogP contribution in [0.15, 0.2) is 60.7 Å². The Bertz CT molecular complexity index is 1340. The van der Waals surface area contributed by atoms with E-state index in [9.17, 15) is 23.4 Å². The summed E-state index contributed by atoms with van der Waals surface area (Å²) in [7, 11) is -2.10. The molecule has 2 atom stereocenters. The summed E-state index contributed by atoms with van der Waals surface area (Å²) in [5.41, 5.74) is 2.17. The van der Waals surface area contributed by atoms with Gasteiger partial charge in [-0.25, -0.2) is 13.2 Å². The Kier molecular flexibility index (Phi) is 8.98. The Hall–Kier alpha value is -3.80. The van der Waals surface area contributed by atoms with E-state index in [1.165, 1.54) is 37.4 Å². The van der Waals surface area contributed by atoms with Gasteiger partial charge in [-0.15, -0.1) is 0 Å². The molecule has 0 bridgehead atoms. The number of carbonyl (C=O) groups is 1. The molecule has 0 amide bonds. The van der Waals surface area contributed by atoms with Gasteiger partial charge in [0.25, 0.3) is 0 Å². The lowest BCUT2D eigenvalue weighted by atomic mass is 10.0. The normalized spacial score (nSPS) is 13.0. The molecule has 37 heavy (non-hydrogen) atoms. The number of carboxylic acid groups (broad SMARTS) is 1. The fourth-order valence-electron chi connectivity index (χ4n) is 3.67. The molecule has 0 fully saturated rings. The molecular formula is C26H30N2O8S. The number of phenolic OH excluding ortho intramolecular Hbond substituents is 1. The average molecular weight is 531 g/mol. The van der Waals surface area contributed by atoms with Crippen LogP contribution in [0.5, 0.6) is 17.2 Å². The van der Waals surface area contributed by atoms with Gasteiger partial charge < -0.3 is 30.1 Å². The lowest BCUT2D eigenvalue weighted by Crippen LogP contribution is -2.35. The van der Waals surface area contributed by atoms with Crippen molar-refractivity contribution in [1.29, 1.82) is 0 Å². The summed E-state index contributed by atoms with van der Waals surface area (Å²) in [5, 5.41) is 32.8. The summed E-state index contributed by atoms with van der Waals surface area (Å²) in [6, 6.07) is 15.8. The molecule has 0 saturated carbocycles. The Morgan fingerprint density at radius 2 is 1.76 bits per heavy atom. The number of ether oxygens (including phenoxy) is 2. The van der Waals surface area contributed by atoms with Crippen molar-refractivity contribution in [3.05, 3.63) is 71.8 Å². The van der Waals surface area contributed by atoms with E-state index >= 15 is 0 Å². The van der Waals surface area contributed by atoms with Gasteiger partial charge in [-0.3, -0.25) is 4.72 Å². The highest BCUT2D eigenvalue weighted by Crippen LogP contribution is 2.32. The first kappa shape index (κ1) is 27.8. The second kappa shape index (κ2) is 12.0. The van der Waals surface area contributed by atoms with Crippen LogP contribution >= 0.6 is 0 Å². The Balaban J connectivity index is 1.54. The minimum Gasteiger partial charge on any atom is -0.506 e. The monoisotopic (exact) mass is 530 g/mol. The van der Waals surface area contributed by atoms with Gasteiger partial charge in [0, 0.05) is 18.2 Å². The van der Waals surface area contributed by atoms with Crippen molar-refractivity contribution in [3.8, 4) is 28.4 Å².